The van der Waals surface area contributed by atoms with E-state index in [1.54, 1.807) is 6.92 Å². The predicted molar refractivity (Wildman–Crippen MR) is 91.4 cm³/mol. The highest BCUT2D eigenvalue weighted by Crippen LogP contribution is 2.38. The first kappa shape index (κ1) is 17.4. The number of carboxylic acid groups (broad SMARTS) is 1. The summed E-state index contributed by atoms with van der Waals surface area (Å²) in [5.41, 5.74) is 0.489. The van der Waals surface area contributed by atoms with Crippen LogP contribution in [-0.2, 0) is 10.0 Å². The summed E-state index contributed by atoms with van der Waals surface area (Å²) < 4.78 is 38.3. The number of benzene rings is 2. The molecule has 0 radical (unpaired) electrons. The molecule has 0 saturated heterocycles. The summed E-state index contributed by atoms with van der Waals surface area (Å²) in [6.45, 7) is 2.32. The Kier molecular flexibility index (Phi) is 4.49. The maximum absolute atomic E-state index is 12.6. The minimum absolute atomic E-state index is 0.0869. The van der Waals surface area contributed by atoms with Crippen LogP contribution in [0.5, 0.6) is 11.5 Å². The molecule has 0 amide bonds. The third-order valence-electron chi connectivity index (χ3n) is 3.63. The number of hydrogen-bond donors (Lipinski definition) is 2. The van der Waals surface area contributed by atoms with Gasteiger partial charge in [0.05, 0.1) is 21.2 Å². The van der Waals surface area contributed by atoms with Crippen LogP contribution in [0.1, 0.15) is 15.9 Å². The lowest BCUT2D eigenvalue weighted by Gasteiger charge is -2.20. The molecule has 0 saturated carbocycles. The Morgan fingerprint density at radius 3 is 2.44 bits per heavy atom. The van der Waals surface area contributed by atoms with Gasteiger partial charge in [-0.3, -0.25) is 4.72 Å². The van der Waals surface area contributed by atoms with Gasteiger partial charge in [-0.2, -0.15) is 0 Å². The third kappa shape index (κ3) is 3.49. The Hall–Kier alpha value is -2.45. The molecule has 0 atom stereocenters. The summed E-state index contributed by atoms with van der Waals surface area (Å²) in [5, 5.41) is 9.29. The molecule has 3 rings (SSSR count). The number of hydrogen-bond acceptors (Lipinski definition) is 5. The number of sulfonamides is 1. The molecule has 0 aliphatic carbocycles. The van der Waals surface area contributed by atoms with Crippen LogP contribution in [0.4, 0.5) is 5.69 Å². The molecule has 132 valence electrons. The topological polar surface area (TPSA) is 102 Å². The summed E-state index contributed by atoms with van der Waals surface area (Å²) in [6, 6.07) is 6.76. The first-order valence-corrected chi connectivity index (χ1v) is 9.10. The lowest BCUT2D eigenvalue weighted by Crippen LogP contribution is -2.17. The molecule has 25 heavy (non-hydrogen) atoms. The van der Waals surface area contributed by atoms with Crippen LogP contribution in [0.3, 0.4) is 0 Å². The number of carbonyl (C=O) groups is 1. The number of fused-ring (bicyclic) bond motifs is 1. The van der Waals surface area contributed by atoms with Crippen LogP contribution in [0.2, 0.25) is 5.02 Å². The van der Waals surface area contributed by atoms with Gasteiger partial charge in [-0.05, 0) is 24.6 Å². The number of halogens is 1. The monoisotopic (exact) mass is 383 g/mol. The molecular weight excluding hydrogens is 370 g/mol. The van der Waals surface area contributed by atoms with Gasteiger partial charge in [0.15, 0.2) is 11.5 Å². The van der Waals surface area contributed by atoms with Crippen molar-refractivity contribution in [3.8, 4) is 11.5 Å². The lowest BCUT2D eigenvalue weighted by molar-refractivity contribution is 0.0696. The van der Waals surface area contributed by atoms with E-state index < -0.39 is 16.0 Å². The number of ether oxygens (including phenoxy) is 2. The van der Waals surface area contributed by atoms with Gasteiger partial charge < -0.3 is 14.6 Å². The maximum atomic E-state index is 12.6. The molecule has 0 aromatic heterocycles. The fourth-order valence-corrected chi connectivity index (χ4v) is 3.70. The molecule has 0 unspecified atom stereocenters. The van der Waals surface area contributed by atoms with Gasteiger partial charge >= 0.3 is 5.97 Å². The minimum Gasteiger partial charge on any atom is -0.486 e. The maximum Gasteiger partial charge on any atom is 0.335 e. The summed E-state index contributed by atoms with van der Waals surface area (Å²) >= 11 is 6.11. The molecule has 1 heterocycles. The van der Waals surface area contributed by atoms with Crippen molar-refractivity contribution in [1.29, 1.82) is 0 Å². The van der Waals surface area contributed by atoms with Gasteiger partial charge in [0.25, 0.3) is 10.0 Å². The second-order valence-electron chi connectivity index (χ2n) is 5.36. The highest BCUT2D eigenvalue weighted by molar-refractivity contribution is 7.92. The van der Waals surface area contributed by atoms with Crippen molar-refractivity contribution in [2.75, 3.05) is 17.9 Å². The second-order valence-corrected chi connectivity index (χ2v) is 7.45. The number of carboxylic acids is 1. The average molecular weight is 384 g/mol. The van der Waals surface area contributed by atoms with Crippen LogP contribution in [0.15, 0.2) is 35.2 Å². The Bertz CT molecular complexity index is 957. The van der Waals surface area contributed by atoms with E-state index in [0.29, 0.717) is 30.3 Å². The van der Waals surface area contributed by atoms with E-state index in [2.05, 4.69) is 4.72 Å². The molecule has 0 fully saturated rings. The number of aromatic carboxylic acids is 1. The Morgan fingerprint density at radius 2 is 1.80 bits per heavy atom. The highest BCUT2D eigenvalue weighted by atomic mass is 35.5. The molecule has 9 heteroatoms. The van der Waals surface area contributed by atoms with Gasteiger partial charge in [0, 0.05) is 12.1 Å². The normalized spacial score (nSPS) is 13.4. The quantitative estimate of drug-likeness (QED) is 0.841. The zero-order chi connectivity index (χ0) is 18.2. The van der Waals surface area contributed by atoms with Crippen LogP contribution in [-0.4, -0.2) is 32.7 Å². The fraction of sp³-hybridized carbons (Fsp3) is 0.188. The van der Waals surface area contributed by atoms with Crippen LogP contribution >= 0.6 is 11.6 Å². The summed E-state index contributed by atoms with van der Waals surface area (Å²) in [5.74, 6) is -0.391. The van der Waals surface area contributed by atoms with Crippen LogP contribution < -0.4 is 14.2 Å². The Morgan fingerprint density at radius 1 is 1.16 bits per heavy atom. The number of nitrogens with one attached hydrogen (secondary N) is 1. The number of rotatable bonds is 4. The van der Waals surface area contributed by atoms with E-state index >= 15 is 0 Å². The van der Waals surface area contributed by atoms with Crippen molar-refractivity contribution in [3.05, 3.63) is 46.5 Å². The van der Waals surface area contributed by atoms with E-state index in [1.807, 2.05) is 0 Å². The second kappa shape index (κ2) is 6.45. The molecule has 2 N–H and O–H groups in total. The van der Waals surface area contributed by atoms with E-state index in [9.17, 15) is 13.2 Å². The molecule has 0 spiro atoms. The first-order chi connectivity index (χ1) is 11.8. The standard InChI is InChI=1S/C16H14ClNO6S/c1-9-2-3-10(6-11(9)16(19)20)25(21,22)18-13-8-15-14(7-12(13)17)23-4-5-24-15/h2-3,6-8,18H,4-5H2,1H3,(H,19,20). The van der Waals surface area contributed by atoms with Crippen molar-refractivity contribution in [2.45, 2.75) is 11.8 Å². The molecular formula is C16H14ClNO6S. The molecule has 1 aliphatic heterocycles. The van der Waals surface area contributed by atoms with Gasteiger partial charge in [-0.25, -0.2) is 13.2 Å². The minimum atomic E-state index is -4.03. The first-order valence-electron chi connectivity index (χ1n) is 7.24. The summed E-state index contributed by atoms with van der Waals surface area (Å²) in [7, 11) is -4.03. The zero-order valence-electron chi connectivity index (χ0n) is 13.1. The van der Waals surface area contributed by atoms with Gasteiger partial charge in [0.1, 0.15) is 13.2 Å². The SMILES string of the molecule is Cc1ccc(S(=O)(=O)Nc2cc3c(cc2Cl)OCCO3)cc1C(=O)O. The molecule has 2 aromatic rings. The average Bonchev–Trinajstić information content (AvgIpc) is 2.55. The van der Waals surface area contributed by atoms with Crippen molar-refractivity contribution in [2.24, 2.45) is 0 Å². The van der Waals surface area contributed by atoms with Crippen molar-refractivity contribution >= 4 is 33.3 Å². The van der Waals surface area contributed by atoms with E-state index in [0.717, 1.165) is 6.07 Å². The lowest BCUT2D eigenvalue weighted by atomic mass is 10.1. The van der Waals surface area contributed by atoms with Gasteiger partial charge in [-0.1, -0.05) is 17.7 Å². The number of anilines is 1. The molecule has 1 aliphatic rings. The van der Waals surface area contributed by atoms with Crippen molar-refractivity contribution in [3.63, 3.8) is 0 Å². The summed E-state index contributed by atoms with van der Waals surface area (Å²) in [6.07, 6.45) is 0. The predicted octanol–water partition coefficient (Wildman–Crippen LogP) is 2.92. The van der Waals surface area contributed by atoms with Crippen LogP contribution in [0.25, 0.3) is 0 Å². The molecule has 7 nitrogen and oxygen atoms in total. The van der Waals surface area contributed by atoms with Gasteiger partial charge in [-0.15, -0.1) is 0 Å². The van der Waals surface area contributed by atoms with E-state index in [4.69, 9.17) is 26.2 Å². The third-order valence-corrected chi connectivity index (χ3v) is 5.30. The van der Waals surface area contributed by atoms with Crippen molar-refractivity contribution < 1.29 is 27.8 Å². The largest absolute Gasteiger partial charge is 0.486 e. The van der Waals surface area contributed by atoms with E-state index in [-0.39, 0.29) is 21.2 Å². The fourth-order valence-electron chi connectivity index (χ4n) is 2.34. The zero-order valence-corrected chi connectivity index (χ0v) is 14.6. The van der Waals surface area contributed by atoms with Crippen molar-refractivity contribution in [1.82, 2.24) is 0 Å². The Balaban J connectivity index is 1.97. The highest BCUT2D eigenvalue weighted by Gasteiger charge is 2.21. The summed E-state index contributed by atoms with van der Waals surface area (Å²) in [4.78, 5) is 11.0. The van der Waals surface area contributed by atoms with Crippen LogP contribution in [0, 0.1) is 6.92 Å². The number of aryl methyl sites for hydroxylation is 1. The smallest absolute Gasteiger partial charge is 0.335 e. The molecule has 2 aromatic carbocycles. The Labute approximate surface area is 149 Å². The van der Waals surface area contributed by atoms with Gasteiger partial charge in [0.2, 0.25) is 0 Å². The van der Waals surface area contributed by atoms with E-state index in [1.165, 1.54) is 24.3 Å². The molecule has 0 bridgehead atoms.